The summed E-state index contributed by atoms with van der Waals surface area (Å²) in [5.41, 5.74) is 2.33. The quantitative estimate of drug-likeness (QED) is 0.169. The van der Waals surface area contributed by atoms with Gasteiger partial charge in [0.05, 0.1) is 36.9 Å². The van der Waals surface area contributed by atoms with Gasteiger partial charge in [0.15, 0.2) is 22.1 Å². The Hall–Kier alpha value is -4.76. The molecule has 1 fully saturated rings. The van der Waals surface area contributed by atoms with Crippen molar-refractivity contribution in [3.05, 3.63) is 89.7 Å². The summed E-state index contributed by atoms with van der Waals surface area (Å²) in [6.07, 6.45) is -3.04. The third kappa shape index (κ3) is 7.46. The molecule has 47 heavy (non-hydrogen) atoms. The number of amidine groups is 1. The van der Waals surface area contributed by atoms with Crippen LogP contribution in [0.15, 0.2) is 78.0 Å². The molecule has 0 bridgehead atoms. The zero-order chi connectivity index (χ0) is 33.9. The van der Waals surface area contributed by atoms with E-state index < -0.39 is 23.8 Å². The Morgan fingerprint density at radius 1 is 1.06 bits per heavy atom. The molecular formula is C32H29F3N6O4S2. The van der Waals surface area contributed by atoms with Crippen LogP contribution in [0.1, 0.15) is 42.5 Å². The molecule has 0 aliphatic carbocycles. The maximum atomic E-state index is 13.0. The minimum Gasteiger partial charge on any atom is -0.497 e. The van der Waals surface area contributed by atoms with E-state index >= 15 is 0 Å². The largest absolute Gasteiger partial charge is 0.497 e. The van der Waals surface area contributed by atoms with E-state index in [0.717, 1.165) is 17.7 Å². The predicted molar refractivity (Wildman–Crippen MR) is 177 cm³/mol. The molecule has 2 heterocycles. The van der Waals surface area contributed by atoms with Crippen LogP contribution in [0.25, 0.3) is 17.1 Å². The lowest BCUT2D eigenvalue weighted by Gasteiger charge is -2.23. The molecule has 0 radical (unpaired) electrons. The summed E-state index contributed by atoms with van der Waals surface area (Å²) in [5, 5.41) is 7.64. The van der Waals surface area contributed by atoms with E-state index in [2.05, 4.69) is 20.4 Å². The fourth-order valence-corrected chi connectivity index (χ4v) is 5.93. The number of alkyl halides is 3. The van der Waals surface area contributed by atoms with Gasteiger partial charge >= 0.3 is 12.1 Å². The van der Waals surface area contributed by atoms with Crippen LogP contribution in [0.3, 0.4) is 0 Å². The number of amides is 1. The van der Waals surface area contributed by atoms with Crippen LogP contribution in [-0.4, -0.2) is 56.9 Å². The predicted octanol–water partition coefficient (Wildman–Crippen LogP) is 6.31. The highest BCUT2D eigenvalue weighted by atomic mass is 32.2. The second-order valence-electron chi connectivity index (χ2n) is 10.6. The van der Waals surface area contributed by atoms with Crippen LogP contribution in [0.5, 0.6) is 5.75 Å². The number of carbonyl (C=O) groups is 2. The number of aromatic nitrogens is 3. The number of anilines is 1. The summed E-state index contributed by atoms with van der Waals surface area (Å²) >= 11 is 6.75. The molecule has 1 unspecified atom stereocenters. The second-order valence-corrected chi connectivity index (χ2v) is 11.9. The molecule has 0 saturated carbocycles. The van der Waals surface area contributed by atoms with Crippen LogP contribution >= 0.6 is 24.0 Å². The number of esters is 1. The average molecular weight is 683 g/mol. The number of aliphatic imine (C=N–C) groups is 1. The van der Waals surface area contributed by atoms with E-state index in [1.54, 1.807) is 37.4 Å². The van der Waals surface area contributed by atoms with Crippen LogP contribution in [0.2, 0.25) is 0 Å². The van der Waals surface area contributed by atoms with Crippen molar-refractivity contribution in [2.75, 3.05) is 24.9 Å². The number of ether oxygens (including phenoxy) is 2. The maximum Gasteiger partial charge on any atom is 0.416 e. The third-order valence-corrected chi connectivity index (χ3v) is 8.35. The molecule has 5 rings (SSSR count). The lowest BCUT2D eigenvalue weighted by molar-refractivity contribution is -0.143. The molecule has 1 aromatic heterocycles. The maximum absolute atomic E-state index is 13.0. The first-order chi connectivity index (χ1) is 22.4. The van der Waals surface area contributed by atoms with Crippen molar-refractivity contribution in [2.24, 2.45) is 4.99 Å². The second kappa shape index (κ2) is 13.9. The summed E-state index contributed by atoms with van der Waals surface area (Å²) in [4.78, 5) is 36.1. The molecule has 1 aliphatic heterocycles. The first kappa shape index (κ1) is 33.6. The van der Waals surface area contributed by atoms with Gasteiger partial charge in [-0.15, -0.1) is 5.10 Å². The molecule has 3 aromatic carbocycles. The van der Waals surface area contributed by atoms with Gasteiger partial charge in [-0.05, 0) is 59.6 Å². The van der Waals surface area contributed by atoms with Crippen LogP contribution in [-0.2, 0) is 20.5 Å². The molecule has 4 aromatic rings. The molecule has 1 aliphatic rings. The molecule has 10 nitrogen and oxygen atoms in total. The molecule has 1 N–H and O–H groups in total. The minimum atomic E-state index is -4.44. The molecule has 15 heteroatoms. The van der Waals surface area contributed by atoms with Gasteiger partial charge in [-0.25, -0.2) is 14.5 Å². The Balaban J connectivity index is 1.35. The monoisotopic (exact) mass is 682 g/mol. The van der Waals surface area contributed by atoms with Crippen LogP contribution in [0.4, 0.5) is 18.9 Å². The summed E-state index contributed by atoms with van der Waals surface area (Å²) in [5.74, 6) is 0.405. The number of benzene rings is 3. The Morgan fingerprint density at radius 3 is 2.38 bits per heavy atom. The molecule has 0 spiro atoms. The number of nitrogens with zero attached hydrogens (tertiary/aromatic N) is 5. The Morgan fingerprint density at radius 2 is 1.77 bits per heavy atom. The highest BCUT2D eigenvalue weighted by molar-refractivity contribution is 8.15. The van der Waals surface area contributed by atoms with Crippen molar-refractivity contribution in [2.45, 2.75) is 32.0 Å². The number of rotatable bonds is 8. The highest BCUT2D eigenvalue weighted by Crippen LogP contribution is 2.36. The summed E-state index contributed by atoms with van der Waals surface area (Å²) < 4.78 is 50.6. The van der Waals surface area contributed by atoms with E-state index in [1.807, 2.05) is 26.0 Å². The lowest BCUT2D eigenvalue weighted by atomic mass is 10.00. The number of halogens is 3. The Bertz CT molecular complexity index is 1830. The summed E-state index contributed by atoms with van der Waals surface area (Å²) in [6.45, 7) is 4.05. The number of thiocarbonyl (C=S) groups is 1. The van der Waals surface area contributed by atoms with E-state index in [0.29, 0.717) is 39.2 Å². The van der Waals surface area contributed by atoms with E-state index in [4.69, 9.17) is 21.7 Å². The van der Waals surface area contributed by atoms with Gasteiger partial charge in [-0.3, -0.25) is 9.69 Å². The van der Waals surface area contributed by atoms with E-state index in [1.165, 1.54) is 46.9 Å². The Kier molecular flexibility index (Phi) is 9.96. The van der Waals surface area contributed by atoms with Crippen LogP contribution in [0, 0.1) is 0 Å². The fraction of sp³-hybridized carbons (Fsp3) is 0.250. The van der Waals surface area contributed by atoms with Crippen molar-refractivity contribution in [1.29, 1.82) is 0 Å². The SMILES string of the molecule is COC(=O)C(NC(=S)/N=C1\SCC(=O)N1c1cc(OC)ccc1C(C)C)c1ccc(-c2ncn(-c3ccc(C(F)(F)F)cc3)n2)cc1. The zero-order valence-corrected chi connectivity index (χ0v) is 27.2. The molecule has 244 valence electrons. The first-order valence-corrected chi connectivity index (χ1v) is 15.6. The van der Waals surface area contributed by atoms with Gasteiger partial charge in [0, 0.05) is 11.6 Å². The van der Waals surface area contributed by atoms with Crippen molar-refractivity contribution in [1.82, 2.24) is 20.1 Å². The Labute approximate surface area is 278 Å². The molecule has 1 amide bonds. The van der Waals surface area contributed by atoms with Crippen molar-refractivity contribution >= 4 is 51.8 Å². The van der Waals surface area contributed by atoms with Gasteiger partial charge in [-0.2, -0.15) is 18.2 Å². The first-order valence-electron chi connectivity index (χ1n) is 14.2. The van der Waals surface area contributed by atoms with E-state index in [-0.39, 0.29) is 22.7 Å². The van der Waals surface area contributed by atoms with Gasteiger partial charge in [0.2, 0.25) is 5.91 Å². The zero-order valence-electron chi connectivity index (χ0n) is 25.6. The number of methoxy groups -OCH3 is 2. The lowest BCUT2D eigenvalue weighted by Crippen LogP contribution is -2.35. The van der Waals surface area contributed by atoms with Crippen molar-refractivity contribution in [3.63, 3.8) is 0 Å². The summed E-state index contributed by atoms with van der Waals surface area (Å²) in [7, 11) is 2.80. The normalized spacial score (nSPS) is 14.9. The van der Waals surface area contributed by atoms with E-state index in [9.17, 15) is 22.8 Å². The van der Waals surface area contributed by atoms with Crippen molar-refractivity contribution < 1.29 is 32.2 Å². The fourth-order valence-electron chi connectivity index (χ4n) is 4.80. The number of hydrogen-bond donors (Lipinski definition) is 1. The standard InChI is InChI=1S/C32H29F3N6O4S2/c1-18(2)24-14-13-23(44-3)15-25(24)41-26(42)16-47-31(41)38-30(46)37-27(29(43)45-4)19-5-7-20(8-6-19)28-36-17-40(39-28)22-11-9-21(10-12-22)32(33,34)35/h5-15,17-18,27H,16H2,1-4H3,(H,37,46)/b38-31-. The van der Waals surface area contributed by atoms with Gasteiger partial charge in [-0.1, -0.05) is 55.9 Å². The topological polar surface area (TPSA) is 111 Å². The van der Waals surface area contributed by atoms with Gasteiger partial charge in [0.25, 0.3) is 0 Å². The number of carbonyl (C=O) groups excluding carboxylic acids is 2. The summed E-state index contributed by atoms with van der Waals surface area (Å²) in [6, 6.07) is 15.8. The minimum absolute atomic E-state index is 0.0300. The van der Waals surface area contributed by atoms with Crippen LogP contribution < -0.4 is 15.0 Å². The molecule has 1 atom stereocenters. The number of thioether (sulfide) groups is 1. The average Bonchev–Trinajstić information content (AvgIpc) is 3.69. The smallest absolute Gasteiger partial charge is 0.416 e. The van der Waals surface area contributed by atoms with Gasteiger partial charge < -0.3 is 14.8 Å². The third-order valence-electron chi connectivity index (χ3n) is 7.22. The number of hydrogen-bond acceptors (Lipinski definition) is 8. The molecule has 1 saturated heterocycles. The number of nitrogens with one attached hydrogen (secondary N) is 1. The highest BCUT2D eigenvalue weighted by Gasteiger charge is 2.33. The van der Waals surface area contributed by atoms with Crippen molar-refractivity contribution in [3.8, 4) is 22.8 Å². The van der Waals surface area contributed by atoms with Gasteiger partial charge in [0.1, 0.15) is 12.1 Å². The molecular weight excluding hydrogens is 654 g/mol.